The maximum absolute atomic E-state index is 11.9. The average Bonchev–Trinajstić information content (AvgIpc) is 2.13. The molecule has 0 spiro atoms. The van der Waals surface area contributed by atoms with Crippen molar-refractivity contribution in [3.05, 3.63) is 0 Å². The summed E-state index contributed by atoms with van der Waals surface area (Å²) in [6.45, 7) is 7.53. The van der Waals surface area contributed by atoms with Crippen molar-refractivity contribution >= 4 is 0 Å². The molecule has 98 valence electrons. The van der Waals surface area contributed by atoms with Crippen LogP contribution in [-0.2, 0) is 4.74 Å². The smallest absolute Gasteiger partial charge is 0.371 e. The van der Waals surface area contributed by atoms with Gasteiger partial charge in [0.1, 0.15) is 6.61 Å². The van der Waals surface area contributed by atoms with Crippen molar-refractivity contribution in [2.45, 2.75) is 46.3 Å². The van der Waals surface area contributed by atoms with E-state index in [0.29, 0.717) is 12.6 Å². The topological polar surface area (TPSA) is 21.3 Å². The molecule has 0 saturated carbocycles. The summed E-state index contributed by atoms with van der Waals surface area (Å²) in [5.74, 6) is 0. The lowest BCUT2D eigenvalue weighted by molar-refractivity contribution is -0.180. The van der Waals surface area contributed by atoms with E-state index in [2.05, 4.69) is 5.32 Å². The van der Waals surface area contributed by atoms with Gasteiger partial charge in [0.2, 0.25) is 0 Å². The minimum Gasteiger partial charge on any atom is -0.371 e. The van der Waals surface area contributed by atoms with E-state index < -0.39 is 12.8 Å². The number of ether oxygens (including phenoxy) is 1. The normalized spacial score (nSPS) is 16.5. The molecule has 0 saturated heterocycles. The lowest BCUT2D eigenvalue weighted by Gasteiger charge is -2.29. The molecular weight excluding hydrogens is 219 g/mol. The second kappa shape index (κ2) is 6.45. The van der Waals surface area contributed by atoms with E-state index in [9.17, 15) is 13.2 Å². The van der Waals surface area contributed by atoms with Crippen molar-refractivity contribution in [2.24, 2.45) is 5.41 Å². The summed E-state index contributed by atoms with van der Waals surface area (Å²) >= 11 is 0. The fraction of sp³-hybridized carbons (Fsp3) is 1.00. The summed E-state index contributed by atoms with van der Waals surface area (Å²) < 4.78 is 40.4. The van der Waals surface area contributed by atoms with Crippen LogP contribution >= 0.6 is 0 Å². The summed E-state index contributed by atoms with van der Waals surface area (Å²) in [7, 11) is 0. The van der Waals surface area contributed by atoms with Gasteiger partial charge >= 0.3 is 6.18 Å². The van der Waals surface area contributed by atoms with Gasteiger partial charge in [-0.15, -0.1) is 0 Å². The Balaban J connectivity index is 3.97. The molecule has 0 aromatic heterocycles. The molecule has 5 heteroatoms. The Labute approximate surface area is 95.5 Å². The third-order valence-electron chi connectivity index (χ3n) is 2.51. The fourth-order valence-electron chi connectivity index (χ4n) is 1.14. The van der Waals surface area contributed by atoms with Gasteiger partial charge in [-0.1, -0.05) is 27.7 Å². The van der Waals surface area contributed by atoms with Crippen LogP contribution in [-0.4, -0.2) is 32.0 Å². The highest BCUT2D eigenvalue weighted by molar-refractivity contribution is 4.76. The number of nitrogens with one attached hydrogen (secondary N) is 1. The van der Waals surface area contributed by atoms with Gasteiger partial charge < -0.3 is 10.1 Å². The molecule has 2 nitrogen and oxygen atoms in total. The SMILES string of the molecule is CCC(C)(CNC(C)C)COCC(F)(F)F. The van der Waals surface area contributed by atoms with Gasteiger partial charge in [0.25, 0.3) is 0 Å². The maximum atomic E-state index is 11.9. The van der Waals surface area contributed by atoms with Crippen molar-refractivity contribution in [2.75, 3.05) is 19.8 Å². The molecule has 0 aliphatic rings. The van der Waals surface area contributed by atoms with Crippen molar-refractivity contribution in [3.63, 3.8) is 0 Å². The van der Waals surface area contributed by atoms with E-state index in [1.165, 1.54) is 0 Å². The Kier molecular flexibility index (Phi) is 6.33. The minimum absolute atomic E-state index is 0.128. The third-order valence-corrected chi connectivity index (χ3v) is 2.51. The van der Waals surface area contributed by atoms with Gasteiger partial charge in [-0.3, -0.25) is 0 Å². The zero-order valence-corrected chi connectivity index (χ0v) is 10.4. The number of rotatable bonds is 7. The molecule has 1 atom stereocenters. The van der Waals surface area contributed by atoms with Gasteiger partial charge in [0.15, 0.2) is 0 Å². The van der Waals surface area contributed by atoms with Crippen molar-refractivity contribution in [3.8, 4) is 0 Å². The molecular formula is C11H22F3NO. The summed E-state index contributed by atoms with van der Waals surface area (Å²) in [6.07, 6.45) is -3.45. The monoisotopic (exact) mass is 241 g/mol. The van der Waals surface area contributed by atoms with Gasteiger partial charge in [0.05, 0.1) is 6.61 Å². The molecule has 0 aliphatic carbocycles. The van der Waals surface area contributed by atoms with Crippen LogP contribution in [0.4, 0.5) is 13.2 Å². The Bertz CT molecular complexity index is 194. The largest absolute Gasteiger partial charge is 0.411 e. The molecule has 0 bridgehead atoms. The Morgan fingerprint density at radius 1 is 1.19 bits per heavy atom. The van der Waals surface area contributed by atoms with Crippen LogP contribution in [0.1, 0.15) is 34.1 Å². The van der Waals surface area contributed by atoms with E-state index >= 15 is 0 Å². The van der Waals surface area contributed by atoms with E-state index in [0.717, 1.165) is 6.42 Å². The predicted molar refractivity (Wildman–Crippen MR) is 58.4 cm³/mol. The second-order valence-electron chi connectivity index (χ2n) is 4.81. The van der Waals surface area contributed by atoms with Crippen molar-refractivity contribution < 1.29 is 17.9 Å². The summed E-state index contributed by atoms with van der Waals surface area (Å²) in [4.78, 5) is 0. The number of hydrogen-bond acceptors (Lipinski definition) is 2. The molecule has 0 fully saturated rings. The van der Waals surface area contributed by atoms with E-state index in [-0.39, 0.29) is 12.0 Å². The van der Waals surface area contributed by atoms with Crippen LogP contribution in [0, 0.1) is 5.41 Å². The van der Waals surface area contributed by atoms with E-state index in [1.807, 2.05) is 27.7 Å². The first-order valence-corrected chi connectivity index (χ1v) is 5.56. The van der Waals surface area contributed by atoms with Gasteiger partial charge in [0, 0.05) is 18.0 Å². The highest BCUT2D eigenvalue weighted by atomic mass is 19.4. The van der Waals surface area contributed by atoms with Crippen LogP contribution in [0.5, 0.6) is 0 Å². The molecule has 0 radical (unpaired) electrons. The lowest BCUT2D eigenvalue weighted by atomic mass is 9.88. The molecule has 1 unspecified atom stereocenters. The van der Waals surface area contributed by atoms with Crippen LogP contribution in [0.3, 0.4) is 0 Å². The highest BCUT2D eigenvalue weighted by Crippen LogP contribution is 2.22. The summed E-state index contributed by atoms with van der Waals surface area (Å²) in [6, 6.07) is 0.327. The summed E-state index contributed by atoms with van der Waals surface area (Å²) in [5, 5.41) is 3.22. The van der Waals surface area contributed by atoms with Crippen LogP contribution in [0.2, 0.25) is 0 Å². The lowest BCUT2D eigenvalue weighted by Crippen LogP contribution is -2.39. The van der Waals surface area contributed by atoms with Gasteiger partial charge in [-0.2, -0.15) is 13.2 Å². The van der Waals surface area contributed by atoms with Crippen LogP contribution in [0.25, 0.3) is 0 Å². The molecule has 0 aromatic carbocycles. The molecule has 0 aliphatic heterocycles. The maximum Gasteiger partial charge on any atom is 0.411 e. The first-order valence-electron chi connectivity index (χ1n) is 5.56. The second-order valence-corrected chi connectivity index (χ2v) is 4.81. The van der Waals surface area contributed by atoms with Crippen LogP contribution in [0.15, 0.2) is 0 Å². The van der Waals surface area contributed by atoms with Gasteiger partial charge in [-0.05, 0) is 6.42 Å². The Hall–Kier alpha value is -0.290. The minimum atomic E-state index is -4.24. The highest BCUT2D eigenvalue weighted by Gasteiger charge is 2.30. The van der Waals surface area contributed by atoms with Gasteiger partial charge in [-0.25, -0.2) is 0 Å². The predicted octanol–water partition coefficient (Wildman–Crippen LogP) is 2.98. The number of alkyl halides is 3. The molecule has 0 aromatic rings. The van der Waals surface area contributed by atoms with E-state index in [1.54, 1.807) is 0 Å². The molecule has 0 heterocycles. The first kappa shape index (κ1) is 15.7. The zero-order valence-electron chi connectivity index (χ0n) is 10.4. The zero-order chi connectivity index (χ0) is 12.8. The average molecular weight is 241 g/mol. The number of hydrogen-bond donors (Lipinski definition) is 1. The Morgan fingerprint density at radius 2 is 1.75 bits per heavy atom. The molecule has 0 rings (SSSR count). The van der Waals surface area contributed by atoms with E-state index in [4.69, 9.17) is 4.74 Å². The first-order chi connectivity index (χ1) is 7.18. The number of halogens is 3. The third kappa shape index (κ3) is 7.93. The molecule has 16 heavy (non-hydrogen) atoms. The molecule has 0 amide bonds. The van der Waals surface area contributed by atoms with Crippen molar-refractivity contribution in [1.29, 1.82) is 0 Å². The quantitative estimate of drug-likeness (QED) is 0.740. The molecule has 1 N–H and O–H groups in total. The fourth-order valence-corrected chi connectivity index (χ4v) is 1.14. The summed E-state index contributed by atoms with van der Waals surface area (Å²) in [5.41, 5.74) is -0.241. The Morgan fingerprint density at radius 3 is 2.12 bits per heavy atom. The van der Waals surface area contributed by atoms with Crippen LogP contribution < -0.4 is 5.32 Å². The standard InChI is InChI=1S/C11H22F3NO/c1-5-10(4,6-15-9(2)3)7-16-8-11(12,13)14/h9,15H,5-8H2,1-4H3. The van der Waals surface area contributed by atoms with Crippen molar-refractivity contribution in [1.82, 2.24) is 5.32 Å².